The van der Waals surface area contributed by atoms with Crippen LogP contribution in [0.2, 0.25) is 0 Å². The quantitative estimate of drug-likeness (QED) is 0.670. The van der Waals surface area contributed by atoms with Crippen LogP contribution in [0.3, 0.4) is 0 Å². The Morgan fingerprint density at radius 3 is 2.71 bits per heavy atom. The average Bonchev–Trinajstić information content (AvgIpc) is 2.30. The van der Waals surface area contributed by atoms with Crippen LogP contribution in [0.4, 0.5) is 0 Å². The molecule has 1 N–H and O–H groups in total. The van der Waals surface area contributed by atoms with E-state index in [9.17, 15) is 0 Å². The van der Waals surface area contributed by atoms with Gasteiger partial charge >= 0.3 is 0 Å². The molecule has 0 aliphatic carbocycles. The smallest absolute Gasteiger partial charge is 0.0662 e. The summed E-state index contributed by atoms with van der Waals surface area (Å²) in [7, 11) is 0. The molecule has 0 radical (unpaired) electrons. The lowest BCUT2D eigenvalue weighted by Gasteiger charge is -2.24. The Morgan fingerprint density at radius 1 is 1.36 bits per heavy atom. The van der Waals surface area contributed by atoms with Crippen molar-refractivity contribution in [3.63, 3.8) is 0 Å². The van der Waals surface area contributed by atoms with E-state index in [0.717, 1.165) is 25.3 Å². The van der Waals surface area contributed by atoms with Crippen molar-refractivity contribution in [1.82, 2.24) is 5.32 Å². The van der Waals surface area contributed by atoms with Gasteiger partial charge in [-0.2, -0.15) is 0 Å². The first kappa shape index (κ1) is 9.26. The molecule has 0 aromatic heterocycles. The summed E-state index contributed by atoms with van der Waals surface area (Å²) in [5.41, 5.74) is 2.16. The van der Waals surface area contributed by atoms with Crippen molar-refractivity contribution in [2.45, 2.75) is 6.04 Å². The number of hydrogen-bond acceptors (Lipinski definition) is 2. The molecule has 1 aromatic rings. The van der Waals surface area contributed by atoms with Gasteiger partial charge in [-0.1, -0.05) is 18.1 Å². The van der Waals surface area contributed by atoms with Crippen molar-refractivity contribution in [3.8, 4) is 12.3 Å². The Morgan fingerprint density at radius 2 is 2.14 bits per heavy atom. The molecule has 0 saturated carbocycles. The molecule has 1 fully saturated rings. The molecule has 1 aliphatic heterocycles. The van der Waals surface area contributed by atoms with Gasteiger partial charge in [-0.05, 0) is 17.7 Å². The molecule has 1 saturated heterocycles. The third kappa shape index (κ3) is 1.95. The van der Waals surface area contributed by atoms with E-state index in [4.69, 9.17) is 11.2 Å². The molecule has 2 heteroatoms. The molecule has 2 nitrogen and oxygen atoms in total. The molecule has 1 heterocycles. The van der Waals surface area contributed by atoms with Crippen molar-refractivity contribution in [3.05, 3.63) is 35.4 Å². The van der Waals surface area contributed by atoms with E-state index in [1.54, 1.807) is 0 Å². The second-order valence-electron chi connectivity index (χ2n) is 3.35. The molecule has 14 heavy (non-hydrogen) atoms. The minimum atomic E-state index is 0.315. The molecule has 1 aromatic carbocycles. The Hall–Kier alpha value is -1.30. The fraction of sp³-hybridized carbons (Fsp3) is 0.333. The Labute approximate surface area is 84.3 Å². The van der Waals surface area contributed by atoms with Gasteiger partial charge in [-0.15, -0.1) is 6.42 Å². The maximum atomic E-state index is 5.39. The van der Waals surface area contributed by atoms with Gasteiger partial charge in [0.2, 0.25) is 0 Å². The molecule has 72 valence electrons. The molecule has 0 bridgehead atoms. The lowest BCUT2D eigenvalue weighted by atomic mass is 10.1. The number of nitrogens with one attached hydrogen (secondary N) is 1. The van der Waals surface area contributed by atoms with Crippen LogP contribution < -0.4 is 5.32 Å². The maximum absolute atomic E-state index is 5.39. The first-order valence-electron chi connectivity index (χ1n) is 4.78. The van der Waals surface area contributed by atoms with Crippen LogP contribution in [-0.2, 0) is 4.74 Å². The van der Waals surface area contributed by atoms with Crippen LogP contribution in [0.25, 0.3) is 0 Å². The molecule has 2 rings (SSSR count). The van der Waals surface area contributed by atoms with Gasteiger partial charge in [0.25, 0.3) is 0 Å². The van der Waals surface area contributed by atoms with Crippen LogP contribution in [-0.4, -0.2) is 19.8 Å². The third-order valence-corrected chi connectivity index (χ3v) is 2.40. The van der Waals surface area contributed by atoms with Gasteiger partial charge in [0.15, 0.2) is 0 Å². The first-order chi connectivity index (χ1) is 6.90. The lowest BCUT2D eigenvalue weighted by molar-refractivity contribution is 0.0769. The number of benzene rings is 1. The Bertz CT molecular complexity index is 330. The monoisotopic (exact) mass is 187 g/mol. The summed E-state index contributed by atoms with van der Waals surface area (Å²) in [4.78, 5) is 0. The van der Waals surface area contributed by atoms with Gasteiger partial charge in [0, 0.05) is 12.1 Å². The fourth-order valence-corrected chi connectivity index (χ4v) is 1.59. The van der Waals surface area contributed by atoms with Crippen LogP contribution in [0.1, 0.15) is 17.2 Å². The number of ether oxygens (including phenoxy) is 1. The van der Waals surface area contributed by atoms with Gasteiger partial charge in [0.1, 0.15) is 0 Å². The standard InChI is InChI=1S/C12H13NO/c1-2-10-3-5-11(6-4-10)12-9-14-8-7-13-12/h1,3-6,12-13H,7-9H2. The van der Waals surface area contributed by atoms with Crippen LogP contribution in [0.15, 0.2) is 24.3 Å². The van der Waals surface area contributed by atoms with E-state index < -0.39 is 0 Å². The number of terminal acetylenes is 1. The molecule has 1 unspecified atom stereocenters. The molecule has 1 atom stereocenters. The number of hydrogen-bond donors (Lipinski definition) is 1. The highest BCUT2D eigenvalue weighted by atomic mass is 16.5. The normalized spacial score (nSPS) is 21.5. The highest BCUT2D eigenvalue weighted by molar-refractivity contribution is 5.35. The van der Waals surface area contributed by atoms with E-state index in [2.05, 4.69) is 23.4 Å². The zero-order valence-electron chi connectivity index (χ0n) is 7.99. The van der Waals surface area contributed by atoms with Crippen molar-refractivity contribution in [2.24, 2.45) is 0 Å². The Kier molecular flexibility index (Phi) is 2.83. The van der Waals surface area contributed by atoms with E-state index in [1.165, 1.54) is 5.56 Å². The zero-order chi connectivity index (χ0) is 9.80. The number of morpholine rings is 1. The number of rotatable bonds is 1. The minimum Gasteiger partial charge on any atom is -0.378 e. The second-order valence-corrected chi connectivity index (χ2v) is 3.35. The van der Waals surface area contributed by atoms with Gasteiger partial charge in [-0.3, -0.25) is 0 Å². The maximum Gasteiger partial charge on any atom is 0.0662 e. The van der Waals surface area contributed by atoms with Crippen LogP contribution in [0.5, 0.6) is 0 Å². The molecular weight excluding hydrogens is 174 g/mol. The predicted octanol–water partition coefficient (Wildman–Crippen LogP) is 1.33. The summed E-state index contributed by atoms with van der Waals surface area (Å²) < 4.78 is 5.39. The van der Waals surface area contributed by atoms with Crippen LogP contribution >= 0.6 is 0 Å². The lowest BCUT2D eigenvalue weighted by Crippen LogP contribution is -2.34. The van der Waals surface area contributed by atoms with Crippen molar-refractivity contribution >= 4 is 0 Å². The average molecular weight is 187 g/mol. The topological polar surface area (TPSA) is 21.3 Å². The van der Waals surface area contributed by atoms with Gasteiger partial charge in [-0.25, -0.2) is 0 Å². The molecule has 0 spiro atoms. The third-order valence-electron chi connectivity index (χ3n) is 2.40. The fourth-order valence-electron chi connectivity index (χ4n) is 1.59. The predicted molar refractivity (Wildman–Crippen MR) is 55.9 cm³/mol. The van der Waals surface area contributed by atoms with Crippen molar-refractivity contribution in [1.29, 1.82) is 0 Å². The molecular formula is C12H13NO. The first-order valence-corrected chi connectivity index (χ1v) is 4.78. The molecule has 1 aliphatic rings. The van der Waals surface area contributed by atoms with Crippen LogP contribution in [0, 0.1) is 12.3 Å². The van der Waals surface area contributed by atoms with Crippen molar-refractivity contribution < 1.29 is 4.74 Å². The summed E-state index contributed by atoms with van der Waals surface area (Å²) in [6.45, 7) is 2.47. The minimum absolute atomic E-state index is 0.315. The van der Waals surface area contributed by atoms with Gasteiger partial charge in [0.05, 0.1) is 19.3 Å². The van der Waals surface area contributed by atoms with E-state index in [1.807, 2.05) is 12.1 Å². The SMILES string of the molecule is C#Cc1ccc(C2COCCN2)cc1. The van der Waals surface area contributed by atoms with E-state index in [0.29, 0.717) is 6.04 Å². The highest BCUT2D eigenvalue weighted by Gasteiger charge is 2.14. The largest absolute Gasteiger partial charge is 0.378 e. The summed E-state index contributed by atoms with van der Waals surface area (Å²) in [6.07, 6.45) is 5.29. The second kappa shape index (κ2) is 4.28. The summed E-state index contributed by atoms with van der Waals surface area (Å²) in [5.74, 6) is 2.61. The van der Waals surface area contributed by atoms with E-state index in [-0.39, 0.29) is 0 Å². The van der Waals surface area contributed by atoms with Gasteiger partial charge < -0.3 is 10.1 Å². The van der Waals surface area contributed by atoms with E-state index >= 15 is 0 Å². The Balaban J connectivity index is 2.12. The zero-order valence-corrected chi connectivity index (χ0v) is 7.99. The van der Waals surface area contributed by atoms with Crippen molar-refractivity contribution in [2.75, 3.05) is 19.8 Å². The summed E-state index contributed by atoms with van der Waals surface area (Å²) >= 11 is 0. The summed E-state index contributed by atoms with van der Waals surface area (Å²) in [5, 5.41) is 3.40. The highest BCUT2D eigenvalue weighted by Crippen LogP contribution is 2.15. The summed E-state index contributed by atoms with van der Waals surface area (Å²) in [6, 6.07) is 8.36. The molecule has 0 amide bonds.